The van der Waals surface area contributed by atoms with Gasteiger partial charge in [0.2, 0.25) is 0 Å². The van der Waals surface area contributed by atoms with Gasteiger partial charge >= 0.3 is 5.97 Å². The highest BCUT2D eigenvalue weighted by Crippen LogP contribution is 2.27. The molecule has 0 fully saturated rings. The van der Waals surface area contributed by atoms with Crippen molar-refractivity contribution in [2.24, 2.45) is 0 Å². The summed E-state index contributed by atoms with van der Waals surface area (Å²) in [5.41, 5.74) is 3.09. The molecule has 2 aromatic rings. The standard InChI is InChI=1S/C18H18O3/c1-13(18(19)21-3)15-10-7-11-16(12-15)17(20-2)14-8-5-4-6-9-14/h4-12,17H,1H2,2-3H3. The van der Waals surface area contributed by atoms with Gasteiger partial charge in [0.1, 0.15) is 6.10 Å². The van der Waals surface area contributed by atoms with E-state index in [1.807, 2.05) is 54.6 Å². The summed E-state index contributed by atoms with van der Waals surface area (Å²) in [6, 6.07) is 17.5. The fraction of sp³-hybridized carbons (Fsp3) is 0.167. The minimum Gasteiger partial charge on any atom is -0.465 e. The van der Waals surface area contributed by atoms with Crippen LogP contribution in [0.15, 0.2) is 61.2 Å². The molecule has 0 aliphatic rings. The Bertz CT molecular complexity index is 632. The highest BCUT2D eigenvalue weighted by molar-refractivity contribution is 6.15. The largest absolute Gasteiger partial charge is 0.465 e. The van der Waals surface area contributed by atoms with Crippen LogP contribution < -0.4 is 0 Å². The smallest absolute Gasteiger partial charge is 0.337 e. The summed E-state index contributed by atoms with van der Waals surface area (Å²) < 4.78 is 10.3. The number of esters is 1. The van der Waals surface area contributed by atoms with Gasteiger partial charge in [-0.1, -0.05) is 55.1 Å². The topological polar surface area (TPSA) is 35.5 Å². The minimum atomic E-state index is -0.430. The molecule has 0 saturated carbocycles. The van der Waals surface area contributed by atoms with E-state index in [0.29, 0.717) is 5.57 Å². The zero-order chi connectivity index (χ0) is 15.2. The molecule has 1 atom stereocenters. The van der Waals surface area contributed by atoms with E-state index < -0.39 is 5.97 Å². The number of carbonyl (C=O) groups excluding carboxylic acids is 1. The molecule has 3 nitrogen and oxygen atoms in total. The Morgan fingerprint density at radius 3 is 2.29 bits per heavy atom. The number of hydrogen-bond donors (Lipinski definition) is 0. The number of benzene rings is 2. The summed E-state index contributed by atoms with van der Waals surface area (Å²) in [6.07, 6.45) is -0.184. The van der Waals surface area contributed by atoms with Gasteiger partial charge in [-0.25, -0.2) is 4.79 Å². The van der Waals surface area contributed by atoms with Crippen molar-refractivity contribution >= 4 is 11.5 Å². The fourth-order valence-corrected chi connectivity index (χ4v) is 2.22. The Morgan fingerprint density at radius 2 is 1.67 bits per heavy atom. The SMILES string of the molecule is C=C(C(=O)OC)c1cccc(C(OC)c2ccccc2)c1. The molecule has 0 radical (unpaired) electrons. The molecular weight excluding hydrogens is 264 g/mol. The zero-order valence-electron chi connectivity index (χ0n) is 12.2. The lowest BCUT2D eigenvalue weighted by Crippen LogP contribution is -2.06. The molecule has 0 aliphatic carbocycles. The minimum absolute atomic E-state index is 0.184. The summed E-state index contributed by atoms with van der Waals surface area (Å²) in [5.74, 6) is -0.430. The Balaban J connectivity index is 2.36. The van der Waals surface area contributed by atoms with E-state index in [1.54, 1.807) is 7.11 Å². The molecule has 0 aromatic heterocycles. The van der Waals surface area contributed by atoms with Gasteiger partial charge in [-0.05, 0) is 22.8 Å². The lowest BCUT2D eigenvalue weighted by atomic mass is 9.97. The van der Waals surface area contributed by atoms with Gasteiger partial charge in [0.25, 0.3) is 0 Å². The maximum Gasteiger partial charge on any atom is 0.337 e. The molecule has 0 aliphatic heterocycles. The Labute approximate surface area is 124 Å². The van der Waals surface area contributed by atoms with Gasteiger partial charge in [0, 0.05) is 7.11 Å². The second-order valence-electron chi connectivity index (χ2n) is 4.62. The Hall–Kier alpha value is -2.39. The summed E-state index contributed by atoms with van der Waals surface area (Å²) in [6.45, 7) is 3.78. The van der Waals surface area contributed by atoms with Gasteiger partial charge in [-0.15, -0.1) is 0 Å². The van der Waals surface area contributed by atoms with E-state index in [0.717, 1.165) is 16.7 Å². The lowest BCUT2D eigenvalue weighted by Gasteiger charge is -2.17. The van der Waals surface area contributed by atoms with Crippen LogP contribution in [0, 0.1) is 0 Å². The Morgan fingerprint density at radius 1 is 1.00 bits per heavy atom. The Kier molecular flexibility index (Phi) is 4.90. The molecule has 0 spiro atoms. The number of methoxy groups -OCH3 is 2. The van der Waals surface area contributed by atoms with E-state index in [2.05, 4.69) is 6.58 Å². The maximum absolute atomic E-state index is 11.6. The first-order valence-corrected chi connectivity index (χ1v) is 6.62. The zero-order valence-corrected chi connectivity index (χ0v) is 12.2. The van der Waals surface area contributed by atoms with E-state index in [1.165, 1.54) is 7.11 Å². The average molecular weight is 282 g/mol. The van der Waals surface area contributed by atoms with Gasteiger partial charge in [0.15, 0.2) is 0 Å². The third-order valence-electron chi connectivity index (χ3n) is 3.31. The molecule has 3 heteroatoms. The molecule has 0 bridgehead atoms. The van der Waals surface area contributed by atoms with Crippen LogP contribution in [0.1, 0.15) is 22.8 Å². The van der Waals surface area contributed by atoms with Crippen molar-refractivity contribution in [2.45, 2.75) is 6.10 Å². The molecule has 1 unspecified atom stereocenters. The van der Waals surface area contributed by atoms with Crippen molar-refractivity contribution in [1.82, 2.24) is 0 Å². The molecular formula is C18H18O3. The molecule has 0 heterocycles. The summed E-state index contributed by atoms with van der Waals surface area (Å²) in [5, 5.41) is 0. The van der Waals surface area contributed by atoms with Gasteiger partial charge in [0.05, 0.1) is 12.7 Å². The second kappa shape index (κ2) is 6.86. The predicted molar refractivity (Wildman–Crippen MR) is 82.8 cm³/mol. The van der Waals surface area contributed by atoms with E-state index in [4.69, 9.17) is 9.47 Å². The van der Waals surface area contributed by atoms with Crippen LogP contribution in [0.3, 0.4) is 0 Å². The molecule has 2 aromatic carbocycles. The van der Waals surface area contributed by atoms with Crippen molar-refractivity contribution < 1.29 is 14.3 Å². The first-order chi connectivity index (χ1) is 10.2. The van der Waals surface area contributed by atoms with Crippen LogP contribution in [-0.4, -0.2) is 20.2 Å². The number of ether oxygens (including phenoxy) is 2. The number of hydrogen-bond acceptors (Lipinski definition) is 3. The monoisotopic (exact) mass is 282 g/mol. The quantitative estimate of drug-likeness (QED) is 0.621. The van der Waals surface area contributed by atoms with E-state index >= 15 is 0 Å². The molecule has 108 valence electrons. The summed E-state index contributed by atoms with van der Waals surface area (Å²) in [4.78, 5) is 11.6. The predicted octanol–water partition coefficient (Wildman–Crippen LogP) is 3.61. The first-order valence-electron chi connectivity index (χ1n) is 6.62. The van der Waals surface area contributed by atoms with Crippen LogP contribution in [-0.2, 0) is 14.3 Å². The van der Waals surface area contributed by atoms with E-state index in [9.17, 15) is 4.79 Å². The average Bonchev–Trinajstić information content (AvgIpc) is 2.55. The first kappa shape index (κ1) is 15.0. The molecule has 21 heavy (non-hydrogen) atoms. The van der Waals surface area contributed by atoms with Crippen molar-refractivity contribution in [2.75, 3.05) is 14.2 Å². The van der Waals surface area contributed by atoms with Crippen LogP contribution in [0.4, 0.5) is 0 Å². The van der Waals surface area contributed by atoms with Gasteiger partial charge in [-0.3, -0.25) is 0 Å². The highest BCUT2D eigenvalue weighted by Gasteiger charge is 2.15. The summed E-state index contributed by atoms with van der Waals surface area (Å²) in [7, 11) is 3.01. The third-order valence-corrected chi connectivity index (χ3v) is 3.31. The third kappa shape index (κ3) is 3.38. The maximum atomic E-state index is 11.6. The lowest BCUT2D eigenvalue weighted by molar-refractivity contribution is -0.133. The number of carbonyl (C=O) groups is 1. The fourth-order valence-electron chi connectivity index (χ4n) is 2.22. The van der Waals surface area contributed by atoms with Crippen LogP contribution in [0.5, 0.6) is 0 Å². The van der Waals surface area contributed by atoms with E-state index in [-0.39, 0.29) is 6.10 Å². The molecule has 2 rings (SSSR count). The molecule has 0 N–H and O–H groups in total. The van der Waals surface area contributed by atoms with Gasteiger partial charge < -0.3 is 9.47 Å². The van der Waals surface area contributed by atoms with Crippen molar-refractivity contribution in [1.29, 1.82) is 0 Å². The summed E-state index contributed by atoms with van der Waals surface area (Å²) >= 11 is 0. The van der Waals surface area contributed by atoms with Crippen LogP contribution >= 0.6 is 0 Å². The highest BCUT2D eigenvalue weighted by atomic mass is 16.5. The molecule has 0 saturated heterocycles. The van der Waals surface area contributed by atoms with Crippen molar-refractivity contribution in [3.05, 3.63) is 77.9 Å². The van der Waals surface area contributed by atoms with Crippen molar-refractivity contribution in [3.8, 4) is 0 Å². The number of rotatable bonds is 5. The van der Waals surface area contributed by atoms with Gasteiger partial charge in [-0.2, -0.15) is 0 Å². The van der Waals surface area contributed by atoms with Crippen LogP contribution in [0.25, 0.3) is 5.57 Å². The second-order valence-corrected chi connectivity index (χ2v) is 4.62. The normalized spacial score (nSPS) is 11.7. The van der Waals surface area contributed by atoms with Crippen LogP contribution in [0.2, 0.25) is 0 Å². The van der Waals surface area contributed by atoms with Crippen molar-refractivity contribution in [3.63, 3.8) is 0 Å². The molecule has 0 amide bonds.